The predicted molar refractivity (Wildman–Crippen MR) is 116 cm³/mol. The number of aromatic nitrogens is 2. The number of imidazole rings is 1. The van der Waals surface area contributed by atoms with E-state index in [2.05, 4.69) is 27.4 Å². The number of carbonyl (C=O) groups is 1. The minimum atomic E-state index is -2.68. The molecular formula is C24H29F2N5O. The van der Waals surface area contributed by atoms with Gasteiger partial charge in [0.05, 0.1) is 29.7 Å². The quantitative estimate of drug-likeness (QED) is 0.707. The van der Waals surface area contributed by atoms with Gasteiger partial charge in [-0.3, -0.25) is 9.69 Å². The summed E-state index contributed by atoms with van der Waals surface area (Å²) in [6, 6.07) is 9.71. The molecule has 4 rings (SSSR count). The van der Waals surface area contributed by atoms with Crippen LogP contribution in [0.25, 0.3) is 0 Å². The van der Waals surface area contributed by atoms with Crippen LogP contribution in [0.4, 0.5) is 8.78 Å². The largest absolute Gasteiger partial charge is 0.334 e. The number of amides is 1. The van der Waals surface area contributed by atoms with Crippen LogP contribution in [0.15, 0.2) is 36.8 Å². The number of rotatable bonds is 5. The number of benzene rings is 1. The van der Waals surface area contributed by atoms with E-state index in [1.54, 1.807) is 0 Å². The number of nitriles is 1. The molecule has 1 aliphatic carbocycles. The number of halogens is 2. The van der Waals surface area contributed by atoms with Gasteiger partial charge in [-0.15, -0.1) is 0 Å². The number of carbonyl (C=O) groups excluding carboxylic acids is 1. The molecule has 0 spiro atoms. The van der Waals surface area contributed by atoms with E-state index in [0.29, 0.717) is 25.2 Å². The monoisotopic (exact) mass is 441 g/mol. The highest BCUT2D eigenvalue weighted by Crippen LogP contribution is 2.44. The zero-order chi connectivity index (χ0) is 23.0. The molecule has 3 unspecified atom stereocenters. The molecule has 6 nitrogen and oxygen atoms in total. The highest BCUT2D eigenvalue weighted by Gasteiger charge is 2.51. The summed E-state index contributed by atoms with van der Waals surface area (Å²) < 4.78 is 28.6. The van der Waals surface area contributed by atoms with Gasteiger partial charge in [-0.05, 0) is 38.5 Å². The first-order valence-electron chi connectivity index (χ1n) is 11.1. The second-order valence-corrected chi connectivity index (χ2v) is 9.30. The Morgan fingerprint density at radius 3 is 2.41 bits per heavy atom. The Morgan fingerprint density at radius 2 is 1.84 bits per heavy atom. The van der Waals surface area contributed by atoms with Crippen molar-refractivity contribution in [3.05, 3.63) is 53.6 Å². The number of hydrogen-bond donors (Lipinski definition) is 0. The van der Waals surface area contributed by atoms with Crippen molar-refractivity contribution < 1.29 is 13.6 Å². The Balaban J connectivity index is 1.41. The van der Waals surface area contributed by atoms with Crippen LogP contribution in [0.5, 0.6) is 0 Å². The molecule has 8 heteroatoms. The zero-order valence-corrected chi connectivity index (χ0v) is 18.7. The number of hydrogen-bond acceptors (Lipinski definition) is 4. The van der Waals surface area contributed by atoms with Crippen LogP contribution in [0.2, 0.25) is 0 Å². The molecule has 1 aliphatic heterocycles. The Bertz CT molecular complexity index is 992. The minimum absolute atomic E-state index is 0.0345. The summed E-state index contributed by atoms with van der Waals surface area (Å²) in [5, 5.41) is 9.02. The zero-order valence-electron chi connectivity index (χ0n) is 18.7. The molecular weight excluding hydrogens is 412 g/mol. The summed E-state index contributed by atoms with van der Waals surface area (Å²) in [6.07, 6.45) is 3.04. The van der Waals surface area contributed by atoms with E-state index in [-0.39, 0.29) is 36.9 Å². The number of nitrogens with zero attached hydrogens (tertiary/aromatic N) is 5. The number of alkyl halides is 2. The molecule has 2 aliphatic rings. The van der Waals surface area contributed by atoms with E-state index in [4.69, 9.17) is 5.26 Å². The highest BCUT2D eigenvalue weighted by molar-refractivity contribution is 5.80. The SMILES string of the molecule is CC1CN(Cc2cncn2C(C)c2ccc(C#N)cc2)CC(C)N1C(=O)C1CC(F)(F)C1. The average molecular weight is 442 g/mol. The summed E-state index contributed by atoms with van der Waals surface area (Å²) in [4.78, 5) is 21.3. The Morgan fingerprint density at radius 1 is 1.22 bits per heavy atom. The molecule has 170 valence electrons. The molecule has 32 heavy (non-hydrogen) atoms. The summed E-state index contributed by atoms with van der Waals surface area (Å²) in [5.74, 6) is -3.36. The Labute approximate surface area is 187 Å². The third-order valence-electron chi connectivity index (χ3n) is 6.76. The predicted octanol–water partition coefficient (Wildman–Crippen LogP) is 3.83. The molecule has 1 saturated heterocycles. The maximum absolute atomic E-state index is 13.2. The van der Waals surface area contributed by atoms with Crippen molar-refractivity contribution in [3.8, 4) is 6.07 Å². The highest BCUT2D eigenvalue weighted by atomic mass is 19.3. The van der Waals surface area contributed by atoms with Crippen molar-refractivity contribution in [2.45, 2.75) is 64.2 Å². The van der Waals surface area contributed by atoms with Crippen LogP contribution in [0.3, 0.4) is 0 Å². The third-order valence-corrected chi connectivity index (χ3v) is 6.76. The Hall–Kier alpha value is -2.79. The van der Waals surface area contributed by atoms with Gasteiger partial charge >= 0.3 is 0 Å². The first-order valence-corrected chi connectivity index (χ1v) is 11.1. The maximum atomic E-state index is 13.2. The van der Waals surface area contributed by atoms with E-state index in [1.165, 1.54) is 0 Å². The van der Waals surface area contributed by atoms with Crippen molar-refractivity contribution in [3.63, 3.8) is 0 Å². The fourth-order valence-corrected chi connectivity index (χ4v) is 5.07. The van der Waals surface area contributed by atoms with Gasteiger partial charge in [0.25, 0.3) is 0 Å². The van der Waals surface area contributed by atoms with E-state index in [1.807, 2.05) is 55.5 Å². The van der Waals surface area contributed by atoms with Crippen molar-refractivity contribution in [1.29, 1.82) is 5.26 Å². The van der Waals surface area contributed by atoms with Gasteiger partial charge in [0.1, 0.15) is 0 Å². The first-order chi connectivity index (χ1) is 15.2. The van der Waals surface area contributed by atoms with E-state index < -0.39 is 11.8 Å². The summed E-state index contributed by atoms with van der Waals surface area (Å²) in [5.41, 5.74) is 2.80. The molecule has 3 atom stereocenters. The van der Waals surface area contributed by atoms with Gasteiger partial charge in [0.2, 0.25) is 11.8 Å². The fourth-order valence-electron chi connectivity index (χ4n) is 5.07. The molecule has 0 radical (unpaired) electrons. The van der Waals surface area contributed by atoms with E-state index >= 15 is 0 Å². The van der Waals surface area contributed by atoms with Gasteiger partial charge in [0, 0.05) is 56.7 Å². The van der Waals surface area contributed by atoms with Crippen LogP contribution in [-0.4, -0.2) is 56.4 Å². The smallest absolute Gasteiger partial charge is 0.249 e. The summed E-state index contributed by atoms with van der Waals surface area (Å²) in [6.45, 7) is 8.16. The number of piperazine rings is 1. The fraction of sp³-hybridized carbons (Fsp3) is 0.542. The summed E-state index contributed by atoms with van der Waals surface area (Å²) in [7, 11) is 0. The molecule has 1 aromatic carbocycles. The molecule has 1 aromatic heterocycles. The van der Waals surface area contributed by atoms with Crippen LogP contribution in [0, 0.1) is 17.2 Å². The third kappa shape index (κ3) is 4.40. The molecule has 2 aromatic rings. The lowest BCUT2D eigenvalue weighted by Crippen LogP contribution is -2.61. The first kappa shape index (κ1) is 22.4. The topological polar surface area (TPSA) is 65.2 Å². The Kier molecular flexibility index (Phi) is 6.04. The lowest BCUT2D eigenvalue weighted by molar-refractivity contribution is -0.166. The molecule has 2 heterocycles. The van der Waals surface area contributed by atoms with Crippen molar-refractivity contribution >= 4 is 5.91 Å². The van der Waals surface area contributed by atoms with Crippen molar-refractivity contribution in [1.82, 2.24) is 19.4 Å². The molecule has 0 N–H and O–H groups in total. The average Bonchev–Trinajstić information content (AvgIpc) is 3.18. The van der Waals surface area contributed by atoms with Crippen LogP contribution >= 0.6 is 0 Å². The molecule has 1 amide bonds. The van der Waals surface area contributed by atoms with E-state index in [0.717, 1.165) is 11.3 Å². The van der Waals surface area contributed by atoms with E-state index in [9.17, 15) is 13.6 Å². The molecule has 2 fully saturated rings. The summed E-state index contributed by atoms with van der Waals surface area (Å²) >= 11 is 0. The van der Waals surface area contributed by atoms with Crippen LogP contribution in [0.1, 0.15) is 56.5 Å². The molecule has 1 saturated carbocycles. The maximum Gasteiger partial charge on any atom is 0.249 e. The normalized spacial score (nSPS) is 24.6. The van der Waals surface area contributed by atoms with Gasteiger partial charge in [-0.1, -0.05) is 12.1 Å². The van der Waals surface area contributed by atoms with Crippen molar-refractivity contribution in [2.75, 3.05) is 13.1 Å². The second kappa shape index (κ2) is 8.62. The van der Waals surface area contributed by atoms with Gasteiger partial charge < -0.3 is 9.47 Å². The van der Waals surface area contributed by atoms with Gasteiger partial charge in [-0.2, -0.15) is 5.26 Å². The van der Waals surface area contributed by atoms with Gasteiger partial charge in [0.15, 0.2) is 0 Å². The standard InChI is InChI=1S/C24H29F2N5O/c1-16-12-29(13-17(2)31(16)23(32)21-8-24(25,26)9-21)14-22-11-28-15-30(22)18(3)20-6-4-19(10-27)5-7-20/h4-7,11,15-18,21H,8-9,12-14H2,1-3H3. The minimum Gasteiger partial charge on any atom is -0.334 e. The van der Waals surface area contributed by atoms with Crippen LogP contribution in [-0.2, 0) is 11.3 Å². The van der Waals surface area contributed by atoms with Gasteiger partial charge in [-0.25, -0.2) is 13.8 Å². The second-order valence-electron chi connectivity index (χ2n) is 9.30. The van der Waals surface area contributed by atoms with Crippen molar-refractivity contribution in [2.24, 2.45) is 5.92 Å². The lowest BCUT2D eigenvalue weighted by Gasteiger charge is -2.47. The van der Waals surface area contributed by atoms with Crippen LogP contribution < -0.4 is 0 Å². The molecule has 0 bridgehead atoms. The lowest BCUT2D eigenvalue weighted by atomic mass is 9.79.